The summed E-state index contributed by atoms with van der Waals surface area (Å²) in [5.74, 6) is -0.156. The number of hydrogen-bond acceptors (Lipinski definition) is 2. The Morgan fingerprint density at radius 3 is 2.94 bits per heavy atom. The van der Waals surface area contributed by atoms with Crippen molar-refractivity contribution < 1.29 is 8.81 Å². The van der Waals surface area contributed by atoms with Crippen LogP contribution < -0.4 is 5.32 Å². The quantitative estimate of drug-likeness (QED) is 0.861. The van der Waals surface area contributed by atoms with Crippen molar-refractivity contribution in [3.63, 3.8) is 0 Å². The minimum Gasteiger partial charge on any atom is -0.464 e. The van der Waals surface area contributed by atoms with Crippen molar-refractivity contribution >= 4 is 11.0 Å². The van der Waals surface area contributed by atoms with Crippen LogP contribution in [0.4, 0.5) is 4.39 Å². The van der Waals surface area contributed by atoms with E-state index in [1.807, 2.05) is 27.0 Å². The van der Waals surface area contributed by atoms with E-state index in [9.17, 15) is 4.39 Å². The van der Waals surface area contributed by atoms with Crippen LogP contribution in [0.25, 0.3) is 11.0 Å². The van der Waals surface area contributed by atoms with Crippen LogP contribution in [0.2, 0.25) is 0 Å². The molecule has 1 aromatic heterocycles. The molecule has 0 amide bonds. The van der Waals surface area contributed by atoms with Crippen LogP contribution in [0, 0.1) is 12.7 Å². The summed E-state index contributed by atoms with van der Waals surface area (Å²) in [6, 6.07) is 3.82. The van der Waals surface area contributed by atoms with Gasteiger partial charge in [-0.1, -0.05) is 0 Å². The van der Waals surface area contributed by atoms with Crippen molar-refractivity contribution in [1.82, 2.24) is 5.32 Å². The molecule has 16 heavy (non-hydrogen) atoms. The number of benzene rings is 1. The van der Waals surface area contributed by atoms with Gasteiger partial charge in [-0.05, 0) is 50.6 Å². The molecule has 0 aliphatic carbocycles. The molecule has 0 unspecified atom stereocenters. The molecule has 0 bridgehead atoms. The van der Waals surface area contributed by atoms with E-state index < -0.39 is 0 Å². The summed E-state index contributed by atoms with van der Waals surface area (Å²) in [7, 11) is 1.88. The maximum Gasteiger partial charge on any atom is 0.139 e. The predicted octanol–water partition coefficient (Wildman–Crippen LogP) is 3.03. The van der Waals surface area contributed by atoms with E-state index >= 15 is 0 Å². The van der Waals surface area contributed by atoms with Crippen molar-refractivity contribution in [2.45, 2.75) is 26.3 Å². The Labute approximate surface area is 94.4 Å². The molecule has 1 heterocycles. The molecule has 0 aliphatic heterocycles. The van der Waals surface area contributed by atoms with Gasteiger partial charge in [-0.15, -0.1) is 0 Å². The Kier molecular flexibility index (Phi) is 2.97. The molecule has 1 aromatic carbocycles. The first-order valence-corrected chi connectivity index (χ1v) is 5.46. The molecule has 0 saturated heterocycles. The first-order valence-electron chi connectivity index (χ1n) is 5.46. The van der Waals surface area contributed by atoms with Crippen molar-refractivity contribution in [3.8, 4) is 0 Å². The summed E-state index contributed by atoms with van der Waals surface area (Å²) in [5, 5.41) is 3.69. The summed E-state index contributed by atoms with van der Waals surface area (Å²) < 4.78 is 19.4. The number of furan rings is 1. The number of nitrogens with one attached hydrogen (secondary N) is 1. The van der Waals surface area contributed by atoms with Crippen LogP contribution in [-0.4, -0.2) is 13.1 Å². The Morgan fingerprint density at radius 1 is 1.50 bits per heavy atom. The molecule has 2 nitrogen and oxygen atoms in total. The van der Waals surface area contributed by atoms with Gasteiger partial charge in [-0.3, -0.25) is 0 Å². The van der Waals surface area contributed by atoms with Crippen LogP contribution in [-0.2, 0) is 6.42 Å². The van der Waals surface area contributed by atoms with Gasteiger partial charge >= 0.3 is 0 Å². The van der Waals surface area contributed by atoms with Crippen LogP contribution in [0.15, 0.2) is 22.8 Å². The zero-order chi connectivity index (χ0) is 11.7. The van der Waals surface area contributed by atoms with E-state index in [4.69, 9.17) is 4.42 Å². The van der Waals surface area contributed by atoms with Gasteiger partial charge in [-0.25, -0.2) is 4.39 Å². The molecule has 1 atom stereocenters. The average Bonchev–Trinajstić information content (AvgIpc) is 2.74. The van der Waals surface area contributed by atoms with Gasteiger partial charge in [0.1, 0.15) is 11.4 Å². The summed E-state index contributed by atoms with van der Waals surface area (Å²) >= 11 is 0. The van der Waals surface area contributed by atoms with Crippen molar-refractivity contribution in [2.75, 3.05) is 7.05 Å². The monoisotopic (exact) mass is 221 g/mol. The Hall–Kier alpha value is -1.35. The smallest absolute Gasteiger partial charge is 0.139 e. The van der Waals surface area contributed by atoms with Gasteiger partial charge in [0.2, 0.25) is 0 Å². The normalized spacial score (nSPS) is 13.2. The lowest BCUT2D eigenvalue weighted by Crippen LogP contribution is -2.24. The fourth-order valence-electron chi connectivity index (χ4n) is 1.93. The third kappa shape index (κ3) is 1.83. The first kappa shape index (κ1) is 11.1. The second kappa shape index (κ2) is 4.26. The second-order valence-corrected chi connectivity index (χ2v) is 4.22. The SMILES string of the molecule is CN[C@H](C)Cc1cc(C)c2occc2c1F. The maximum atomic E-state index is 14.1. The highest BCUT2D eigenvalue weighted by atomic mass is 19.1. The molecular weight excluding hydrogens is 205 g/mol. The zero-order valence-corrected chi connectivity index (χ0v) is 9.80. The highest BCUT2D eigenvalue weighted by Gasteiger charge is 2.13. The largest absolute Gasteiger partial charge is 0.464 e. The van der Waals surface area contributed by atoms with E-state index in [1.165, 1.54) is 6.26 Å². The van der Waals surface area contributed by atoms with Crippen LogP contribution in [0.3, 0.4) is 0 Å². The lowest BCUT2D eigenvalue weighted by Gasteiger charge is -2.12. The lowest BCUT2D eigenvalue weighted by molar-refractivity contribution is 0.567. The van der Waals surface area contributed by atoms with Gasteiger partial charge in [0, 0.05) is 6.04 Å². The highest BCUT2D eigenvalue weighted by molar-refractivity contribution is 5.81. The van der Waals surface area contributed by atoms with E-state index in [-0.39, 0.29) is 11.9 Å². The van der Waals surface area contributed by atoms with E-state index in [1.54, 1.807) is 6.07 Å². The summed E-state index contributed by atoms with van der Waals surface area (Å²) in [6.45, 7) is 3.98. The fraction of sp³-hybridized carbons (Fsp3) is 0.385. The predicted molar refractivity (Wildman–Crippen MR) is 63.1 cm³/mol. The molecule has 2 rings (SSSR count). The van der Waals surface area contributed by atoms with Gasteiger partial charge in [-0.2, -0.15) is 0 Å². The Morgan fingerprint density at radius 2 is 2.25 bits per heavy atom. The molecule has 0 aliphatic rings. The highest BCUT2D eigenvalue weighted by Crippen LogP contribution is 2.26. The first-order chi connectivity index (χ1) is 7.63. The fourth-order valence-corrected chi connectivity index (χ4v) is 1.93. The van der Waals surface area contributed by atoms with Gasteiger partial charge in [0.25, 0.3) is 0 Å². The van der Waals surface area contributed by atoms with Gasteiger partial charge in [0.05, 0.1) is 11.6 Å². The summed E-state index contributed by atoms with van der Waals surface area (Å²) in [6.07, 6.45) is 2.22. The number of rotatable bonds is 3. The average molecular weight is 221 g/mol. The number of likely N-dealkylation sites (N-methyl/N-ethyl adjacent to an activating group) is 1. The Bertz CT molecular complexity index is 504. The van der Waals surface area contributed by atoms with Crippen LogP contribution in [0.1, 0.15) is 18.1 Å². The molecular formula is C13H16FNO. The zero-order valence-electron chi connectivity index (χ0n) is 9.80. The third-order valence-corrected chi connectivity index (χ3v) is 2.95. The molecule has 0 spiro atoms. The lowest BCUT2D eigenvalue weighted by atomic mass is 10.0. The van der Waals surface area contributed by atoms with E-state index in [0.29, 0.717) is 17.4 Å². The minimum absolute atomic E-state index is 0.156. The topological polar surface area (TPSA) is 25.2 Å². The molecule has 86 valence electrons. The molecule has 1 N–H and O–H groups in total. The van der Waals surface area contributed by atoms with E-state index in [2.05, 4.69) is 5.32 Å². The van der Waals surface area contributed by atoms with Gasteiger partial charge in [0.15, 0.2) is 0 Å². The number of hydrogen-bond donors (Lipinski definition) is 1. The van der Waals surface area contributed by atoms with Crippen LogP contribution >= 0.6 is 0 Å². The molecule has 0 radical (unpaired) electrons. The van der Waals surface area contributed by atoms with Crippen molar-refractivity contribution in [2.24, 2.45) is 0 Å². The van der Waals surface area contributed by atoms with Crippen molar-refractivity contribution in [1.29, 1.82) is 0 Å². The summed E-state index contributed by atoms with van der Waals surface area (Å²) in [5.41, 5.74) is 2.38. The number of halogens is 1. The minimum atomic E-state index is -0.156. The number of fused-ring (bicyclic) bond motifs is 1. The van der Waals surface area contributed by atoms with E-state index in [0.717, 1.165) is 11.1 Å². The third-order valence-electron chi connectivity index (χ3n) is 2.95. The number of aryl methyl sites for hydroxylation is 1. The molecule has 2 aromatic rings. The second-order valence-electron chi connectivity index (χ2n) is 4.22. The van der Waals surface area contributed by atoms with Crippen molar-refractivity contribution in [3.05, 3.63) is 35.3 Å². The standard InChI is InChI=1S/C13H16FNO/c1-8-6-10(7-9(2)15-3)12(14)11-4-5-16-13(8)11/h4-6,9,15H,7H2,1-3H3/t9-/m1/s1. The summed E-state index contributed by atoms with van der Waals surface area (Å²) in [4.78, 5) is 0. The van der Waals surface area contributed by atoms with Gasteiger partial charge < -0.3 is 9.73 Å². The Balaban J connectivity index is 2.49. The molecule has 0 saturated carbocycles. The molecule has 0 fully saturated rings. The maximum absolute atomic E-state index is 14.1. The van der Waals surface area contributed by atoms with Crippen LogP contribution in [0.5, 0.6) is 0 Å². The molecule has 3 heteroatoms.